The van der Waals surface area contributed by atoms with Crippen LogP contribution in [0, 0.1) is 0 Å². The molecule has 0 spiro atoms. The van der Waals surface area contributed by atoms with Crippen LogP contribution >= 0.6 is 34.8 Å². The zero-order chi connectivity index (χ0) is 19.2. The van der Waals surface area contributed by atoms with Crippen LogP contribution < -0.4 is 14.8 Å². The number of aromatic nitrogens is 1. The molecule has 0 unspecified atom stereocenters. The maximum absolute atomic E-state index is 12.1. The number of rotatable bonds is 6. The zero-order valence-corrected chi connectivity index (χ0v) is 16.7. The normalized spacial score (nSPS) is 19.4. The molecule has 0 aliphatic heterocycles. The topological polar surface area (TPSA) is 60.5 Å². The minimum atomic E-state index is -0.176. The van der Waals surface area contributed by atoms with Gasteiger partial charge in [0.05, 0.1) is 10.0 Å². The number of benzene rings is 1. The second-order valence-corrected chi connectivity index (χ2v) is 7.62. The largest absolute Gasteiger partial charge is 0.482 e. The maximum atomic E-state index is 12.1. The van der Waals surface area contributed by atoms with Crippen LogP contribution in [0.4, 0.5) is 0 Å². The van der Waals surface area contributed by atoms with Gasteiger partial charge in [0.25, 0.3) is 5.91 Å². The number of amides is 1. The molecule has 144 valence electrons. The van der Waals surface area contributed by atoms with E-state index in [-0.39, 0.29) is 24.7 Å². The standard InChI is InChI=1S/C19H19Cl3N2O3/c20-12-1-7-17(16(22)9-12)26-11-18(25)24-14-3-5-15(6-4-14)27-19-8-2-13(21)10-23-19/h1-2,7-10,14-15H,3-6,11H2,(H,24,25). The van der Waals surface area contributed by atoms with Crippen LogP contribution in [-0.2, 0) is 4.79 Å². The molecule has 8 heteroatoms. The molecule has 1 heterocycles. The molecule has 1 saturated carbocycles. The number of ether oxygens (including phenoxy) is 2. The molecule has 1 aromatic heterocycles. The van der Waals surface area contributed by atoms with Gasteiger partial charge in [0.1, 0.15) is 11.9 Å². The van der Waals surface area contributed by atoms with E-state index < -0.39 is 0 Å². The van der Waals surface area contributed by atoms with Crippen molar-refractivity contribution in [2.24, 2.45) is 0 Å². The molecule has 1 amide bonds. The summed E-state index contributed by atoms with van der Waals surface area (Å²) in [5.74, 6) is 0.827. The molecule has 1 aliphatic rings. The van der Waals surface area contributed by atoms with Gasteiger partial charge in [-0.05, 0) is 49.9 Å². The summed E-state index contributed by atoms with van der Waals surface area (Å²) in [5.41, 5.74) is 0. The fourth-order valence-electron chi connectivity index (χ4n) is 2.93. The van der Waals surface area contributed by atoms with Crippen LogP contribution in [-0.4, -0.2) is 29.6 Å². The van der Waals surface area contributed by atoms with E-state index in [1.54, 1.807) is 36.5 Å². The molecule has 0 radical (unpaired) electrons. The summed E-state index contributed by atoms with van der Waals surface area (Å²) >= 11 is 17.7. The Morgan fingerprint density at radius 2 is 1.81 bits per heavy atom. The second-order valence-electron chi connectivity index (χ2n) is 6.34. The van der Waals surface area contributed by atoms with Crippen molar-refractivity contribution >= 4 is 40.7 Å². The minimum absolute atomic E-state index is 0.0908. The lowest BCUT2D eigenvalue weighted by molar-refractivity contribution is -0.124. The third-order valence-corrected chi connectivity index (χ3v) is 5.03. The van der Waals surface area contributed by atoms with Crippen molar-refractivity contribution in [3.05, 3.63) is 51.6 Å². The van der Waals surface area contributed by atoms with E-state index in [1.165, 1.54) is 0 Å². The highest BCUT2D eigenvalue weighted by Gasteiger charge is 2.24. The van der Waals surface area contributed by atoms with Crippen LogP contribution in [0.1, 0.15) is 25.7 Å². The highest BCUT2D eigenvalue weighted by molar-refractivity contribution is 6.35. The Labute approximate surface area is 172 Å². The fraction of sp³-hybridized carbons (Fsp3) is 0.368. The fourth-order valence-corrected chi connectivity index (χ4v) is 3.51. The molecule has 27 heavy (non-hydrogen) atoms. The first-order valence-corrected chi connectivity index (χ1v) is 9.78. The third kappa shape index (κ3) is 6.16. The number of carbonyl (C=O) groups excluding carboxylic acids is 1. The predicted octanol–water partition coefficient (Wildman–Crippen LogP) is 4.93. The first-order chi connectivity index (χ1) is 13.0. The molecule has 1 fully saturated rings. The van der Waals surface area contributed by atoms with Gasteiger partial charge in [-0.3, -0.25) is 4.79 Å². The quantitative estimate of drug-likeness (QED) is 0.707. The van der Waals surface area contributed by atoms with Crippen LogP contribution in [0.2, 0.25) is 15.1 Å². The molecule has 3 rings (SSSR count). The van der Waals surface area contributed by atoms with Gasteiger partial charge in [-0.2, -0.15) is 0 Å². The molecular weight excluding hydrogens is 411 g/mol. The van der Waals surface area contributed by atoms with Crippen molar-refractivity contribution in [2.75, 3.05) is 6.61 Å². The Balaban J connectivity index is 1.39. The van der Waals surface area contributed by atoms with Gasteiger partial charge in [-0.1, -0.05) is 34.8 Å². The van der Waals surface area contributed by atoms with Crippen molar-refractivity contribution < 1.29 is 14.3 Å². The van der Waals surface area contributed by atoms with Gasteiger partial charge in [0.2, 0.25) is 5.88 Å². The molecular formula is C19H19Cl3N2O3. The van der Waals surface area contributed by atoms with E-state index in [4.69, 9.17) is 44.3 Å². The van der Waals surface area contributed by atoms with E-state index >= 15 is 0 Å². The van der Waals surface area contributed by atoms with Gasteiger partial charge >= 0.3 is 0 Å². The lowest BCUT2D eigenvalue weighted by atomic mass is 9.93. The lowest BCUT2D eigenvalue weighted by Crippen LogP contribution is -2.41. The summed E-state index contributed by atoms with van der Waals surface area (Å²) < 4.78 is 11.3. The summed E-state index contributed by atoms with van der Waals surface area (Å²) in [6, 6.07) is 8.51. The Morgan fingerprint density at radius 1 is 1.07 bits per heavy atom. The third-order valence-electron chi connectivity index (χ3n) is 4.28. The number of hydrogen-bond acceptors (Lipinski definition) is 4. The minimum Gasteiger partial charge on any atom is -0.482 e. The van der Waals surface area contributed by atoms with Crippen molar-refractivity contribution in [3.8, 4) is 11.6 Å². The summed E-state index contributed by atoms with van der Waals surface area (Å²) in [6.07, 6.45) is 5.03. The zero-order valence-electron chi connectivity index (χ0n) is 14.5. The van der Waals surface area contributed by atoms with E-state index in [2.05, 4.69) is 10.3 Å². The maximum Gasteiger partial charge on any atom is 0.258 e. The Morgan fingerprint density at radius 3 is 2.48 bits per heavy atom. The van der Waals surface area contributed by atoms with E-state index in [0.717, 1.165) is 25.7 Å². The molecule has 2 aromatic rings. The highest BCUT2D eigenvalue weighted by atomic mass is 35.5. The van der Waals surface area contributed by atoms with E-state index in [1.807, 2.05) is 0 Å². The Bertz CT molecular complexity index is 778. The first kappa shape index (κ1) is 20.1. The number of hydrogen-bond donors (Lipinski definition) is 1. The van der Waals surface area contributed by atoms with Crippen molar-refractivity contribution in [3.63, 3.8) is 0 Å². The van der Waals surface area contributed by atoms with Gasteiger partial charge in [-0.15, -0.1) is 0 Å². The van der Waals surface area contributed by atoms with Gasteiger partial charge in [0.15, 0.2) is 6.61 Å². The number of halogens is 3. The number of nitrogens with zero attached hydrogens (tertiary/aromatic N) is 1. The number of pyridine rings is 1. The molecule has 0 bridgehead atoms. The van der Waals surface area contributed by atoms with E-state index in [9.17, 15) is 4.79 Å². The predicted molar refractivity (Wildman–Crippen MR) is 106 cm³/mol. The van der Waals surface area contributed by atoms with Crippen LogP contribution in [0.15, 0.2) is 36.5 Å². The molecule has 1 aliphatic carbocycles. The smallest absolute Gasteiger partial charge is 0.258 e. The molecule has 5 nitrogen and oxygen atoms in total. The van der Waals surface area contributed by atoms with Crippen LogP contribution in [0.3, 0.4) is 0 Å². The highest BCUT2D eigenvalue weighted by Crippen LogP contribution is 2.27. The molecule has 0 saturated heterocycles. The number of carbonyl (C=O) groups is 1. The van der Waals surface area contributed by atoms with Gasteiger partial charge < -0.3 is 14.8 Å². The van der Waals surface area contributed by atoms with E-state index in [0.29, 0.717) is 26.7 Å². The average Bonchev–Trinajstić information content (AvgIpc) is 2.64. The summed E-state index contributed by atoms with van der Waals surface area (Å²) in [5, 5.41) is 4.47. The van der Waals surface area contributed by atoms with Gasteiger partial charge in [0, 0.05) is 23.3 Å². The Hall–Kier alpha value is -1.69. The molecule has 0 atom stereocenters. The number of nitrogens with one attached hydrogen (secondary N) is 1. The molecule has 1 aromatic carbocycles. The van der Waals surface area contributed by atoms with Crippen molar-refractivity contribution in [1.82, 2.24) is 10.3 Å². The monoisotopic (exact) mass is 428 g/mol. The average molecular weight is 430 g/mol. The summed E-state index contributed by atoms with van der Waals surface area (Å²) in [4.78, 5) is 16.3. The van der Waals surface area contributed by atoms with Crippen molar-refractivity contribution in [1.29, 1.82) is 0 Å². The van der Waals surface area contributed by atoms with Crippen LogP contribution in [0.5, 0.6) is 11.6 Å². The van der Waals surface area contributed by atoms with Gasteiger partial charge in [-0.25, -0.2) is 4.98 Å². The second kappa shape index (κ2) is 9.49. The lowest BCUT2D eigenvalue weighted by Gasteiger charge is -2.29. The first-order valence-electron chi connectivity index (χ1n) is 8.65. The summed E-state index contributed by atoms with van der Waals surface area (Å²) in [7, 11) is 0. The summed E-state index contributed by atoms with van der Waals surface area (Å²) in [6.45, 7) is -0.0908. The molecule has 1 N–H and O–H groups in total. The Kier molecular flexibility index (Phi) is 7.05. The van der Waals surface area contributed by atoms with Crippen molar-refractivity contribution in [2.45, 2.75) is 37.8 Å². The van der Waals surface area contributed by atoms with Crippen LogP contribution in [0.25, 0.3) is 0 Å². The SMILES string of the molecule is O=C(COc1ccc(Cl)cc1Cl)NC1CCC(Oc2ccc(Cl)cn2)CC1.